The predicted octanol–water partition coefficient (Wildman–Crippen LogP) is 3.90. The molecule has 0 bridgehead atoms. The third-order valence-corrected chi connectivity index (χ3v) is 7.36. The summed E-state index contributed by atoms with van der Waals surface area (Å²) in [5.74, 6) is -0.217. The van der Waals surface area contributed by atoms with Crippen molar-refractivity contribution in [2.75, 3.05) is 26.2 Å². The zero-order chi connectivity index (χ0) is 18.9. The maximum absolute atomic E-state index is 12.8. The van der Waals surface area contributed by atoms with Gasteiger partial charge in [-0.2, -0.15) is 4.31 Å². The van der Waals surface area contributed by atoms with Gasteiger partial charge in [0.15, 0.2) is 0 Å². The minimum Gasteiger partial charge on any atom is -0.336 e. The van der Waals surface area contributed by atoms with Gasteiger partial charge in [0.25, 0.3) is 5.91 Å². The summed E-state index contributed by atoms with van der Waals surface area (Å²) in [6.07, 6.45) is 0. The summed E-state index contributed by atoms with van der Waals surface area (Å²) in [4.78, 5) is 14.4. The van der Waals surface area contributed by atoms with Gasteiger partial charge in [0.2, 0.25) is 10.0 Å². The van der Waals surface area contributed by atoms with Crippen LogP contribution < -0.4 is 0 Å². The van der Waals surface area contributed by atoms with Crippen LogP contribution in [0.1, 0.15) is 10.4 Å². The Balaban J connectivity index is 1.74. The first-order chi connectivity index (χ1) is 12.3. The van der Waals surface area contributed by atoms with Crippen LogP contribution in [0.15, 0.2) is 51.8 Å². The maximum atomic E-state index is 12.8. The molecule has 5 nitrogen and oxygen atoms in total. The van der Waals surface area contributed by atoms with E-state index in [1.165, 1.54) is 10.4 Å². The van der Waals surface area contributed by atoms with E-state index in [1.807, 2.05) is 0 Å². The van der Waals surface area contributed by atoms with Gasteiger partial charge in [-0.15, -0.1) is 0 Å². The van der Waals surface area contributed by atoms with Gasteiger partial charge in [-0.3, -0.25) is 4.79 Å². The molecule has 9 heteroatoms. The lowest BCUT2D eigenvalue weighted by Crippen LogP contribution is -2.50. The van der Waals surface area contributed by atoms with Crippen LogP contribution in [0.2, 0.25) is 10.0 Å². The molecule has 0 atom stereocenters. The topological polar surface area (TPSA) is 57.7 Å². The van der Waals surface area contributed by atoms with Crippen molar-refractivity contribution < 1.29 is 13.2 Å². The molecule has 1 heterocycles. The summed E-state index contributed by atoms with van der Waals surface area (Å²) in [7, 11) is -3.69. The number of amides is 1. The second kappa shape index (κ2) is 7.86. The van der Waals surface area contributed by atoms with Crippen molar-refractivity contribution in [3.05, 3.63) is 62.5 Å². The normalized spacial score (nSPS) is 15.9. The molecule has 1 saturated heterocycles. The highest BCUT2D eigenvalue weighted by Gasteiger charge is 2.32. The summed E-state index contributed by atoms with van der Waals surface area (Å²) < 4.78 is 27.6. The van der Waals surface area contributed by atoms with Crippen LogP contribution in [-0.4, -0.2) is 49.7 Å². The van der Waals surface area contributed by atoms with Gasteiger partial charge in [-0.25, -0.2) is 8.42 Å². The lowest BCUT2D eigenvalue weighted by atomic mass is 10.2. The number of nitrogens with zero attached hydrogens (tertiary/aromatic N) is 2. The van der Waals surface area contributed by atoms with Gasteiger partial charge < -0.3 is 4.90 Å². The van der Waals surface area contributed by atoms with Gasteiger partial charge in [-0.1, -0.05) is 51.3 Å². The summed E-state index contributed by atoms with van der Waals surface area (Å²) in [6.45, 7) is 0.965. The Morgan fingerprint density at radius 1 is 0.962 bits per heavy atom. The van der Waals surface area contributed by atoms with Crippen LogP contribution in [0.25, 0.3) is 0 Å². The molecule has 2 aromatic carbocycles. The fourth-order valence-corrected chi connectivity index (χ4v) is 5.23. The molecule has 3 rings (SSSR count). The Bertz CT molecular complexity index is 945. The number of hydrogen-bond acceptors (Lipinski definition) is 3. The highest BCUT2D eigenvalue weighted by Crippen LogP contribution is 2.26. The monoisotopic (exact) mass is 476 g/mol. The van der Waals surface area contributed by atoms with E-state index in [0.29, 0.717) is 10.6 Å². The molecule has 1 aliphatic rings. The first-order valence-electron chi connectivity index (χ1n) is 7.80. The quantitative estimate of drug-likeness (QED) is 0.673. The van der Waals surface area contributed by atoms with Crippen LogP contribution in [-0.2, 0) is 10.0 Å². The van der Waals surface area contributed by atoms with Crippen molar-refractivity contribution in [3.8, 4) is 0 Å². The second-order valence-electron chi connectivity index (χ2n) is 5.75. The second-order valence-corrected chi connectivity index (χ2v) is 9.39. The molecule has 138 valence electrons. The minimum absolute atomic E-state index is 0.0801. The summed E-state index contributed by atoms with van der Waals surface area (Å²) in [6, 6.07) is 11.4. The molecule has 1 aliphatic heterocycles. The summed E-state index contributed by atoms with van der Waals surface area (Å²) in [5.41, 5.74) is 0.392. The molecule has 0 aromatic heterocycles. The number of carbonyl (C=O) groups excluding carboxylic acids is 1. The van der Waals surface area contributed by atoms with Crippen molar-refractivity contribution in [1.29, 1.82) is 0 Å². The van der Waals surface area contributed by atoms with Crippen LogP contribution in [0.3, 0.4) is 0 Å². The largest absolute Gasteiger partial charge is 0.336 e. The van der Waals surface area contributed by atoms with Crippen molar-refractivity contribution >= 4 is 55.1 Å². The van der Waals surface area contributed by atoms with Crippen molar-refractivity contribution in [3.63, 3.8) is 0 Å². The van der Waals surface area contributed by atoms with E-state index in [4.69, 9.17) is 23.2 Å². The fraction of sp³-hybridized carbons (Fsp3) is 0.235. The summed E-state index contributed by atoms with van der Waals surface area (Å²) >= 11 is 15.5. The highest BCUT2D eigenvalue weighted by molar-refractivity contribution is 9.10. The predicted molar refractivity (Wildman–Crippen MR) is 105 cm³/mol. The number of rotatable bonds is 3. The molecule has 0 N–H and O–H groups in total. The standard InChI is InChI=1S/C17H15BrCl2N2O3S/c18-12-5-6-14(19)13(11-12)17(23)21-7-9-22(10-8-21)26(24,25)16-4-2-1-3-15(16)20/h1-6,11H,7-10H2. The van der Waals surface area contributed by atoms with Crippen molar-refractivity contribution in [1.82, 2.24) is 9.21 Å². The zero-order valence-electron chi connectivity index (χ0n) is 13.5. The van der Waals surface area contributed by atoms with E-state index in [1.54, 1.807) is 41.3 Å². The van der Waals surface area contributed by atoms with E-state index < -0.39 is 10.0 Å². The highest BCUT2D eigenvalue weighted by atomic mass is 79.9. The third kappa shape index (κ3) is 3.92. The lowest BCUT2D eigenvalue weighted by Gasteiger charge is -2.34. The molecule has 0 radical (unpaired) electrons. The molecule has 0 aliphatic carbocycles. The van der Waals surface area contributed by atoms with Crippen LogP contribution in [0.5, 0.6) is 0 Å². The van der Waals surface area contributed by atoms with E-state index in [2.05, 4.69) is 15.9 Å². The smallest absolute Gasteiger partial charge is 0.255 e. The molecule has 26 heavy (non-hydrogen) atoms. The maximum Gasteiger partial charge on any atom is 0.255 e. The van der Waals surface area contributed by atoms with Crippen LogP contribution >= 0.6 is 39.1 Å². The number of carbonyl (C=O) groups is 1. The van der Waals surface area contributed by atoms with Gasteiger partial charge in [0.1, 0.15) is 4.90 Å². The zero-order valence-corrected chi connectivity index (χ0v) is 17.4. The average molecular weight is 478 g/mol. The number of halogens is 3. The molecule has 1 amide bonds. The van der Waals surface area contributed by atoms with Crippen LogP contribution in [0.4, 0.5) is 0 Å². The minimum atomic E-state index is -3.69. The first kappa shape index (κ1) is 19.6. The Morgan fingerprint density at radius 2 is 1.62 bits per heavy atom. The number of piperazine rings is 1. The van der Waals surface area contributed by atoms with E-state index in [-0.39, 0.29) is 42.0 Å². The number of benzene rings is 2. The molecule has 0 saturated carbocycles. The SMILES string of the molecule is O=C(c1cc(Br)ccc1Cl)N1CCN(S(=O)(=O)c2ccccc2Cl)CC1. The van der Waals surface area contributed by atoms with Crippen LogP contribution in [0, 0.1) is 0 Å². The Hall–Kier alpha value is -1.12. The van der Waals surface area contributed by atoms with E-state index in [9.17, 15) is 13.2 Å². The molecule has 2 aromatic rings. The van der Waals surface area contributed by atoms with Gasteiger partial charge in [-0.05, 0) is 30.3 Å². The van der Waals surface area contributed by atoms with Gasteiger partial charge in [0, 0.05) is 30.7 Å². The fourth-order valence-electron chi connectivity index (χ4n) is 2.76. The first-order valence-corrected chi connectivity index (χ1v) is 10.8. The molecular weight excluding hydrogens is 463 g/mol. The molecular formula is C17H15BrCl2N2O3S. The van der Waals surface area contributed by atoms with E-state index >= 15 is 0 Å². The number of sulfonamides is 1. The average Bonchev–Trinajstić information content (AvgIpc) is 2.63. The Kier molecular flexibility index (Phi) is 5.94. The van der Waals surface area contributed by atoms with Crippen molar-refractivity contribution in [2.45, 2.75) is 4.90 Å². The van der Waals surface area contributed by atoms with E-state index in [0.717, 1.165) is 4.47 Å². The van der Waals surface area contributed by atoms with Crippen molar-refractivity contribution in [2.24, 2.45) is 0 Å². The summed E-state index contributed by atoms with van der Waals surface area (Å²) in [5, 5.41) is 0.552. The Labute approximate surface area is 170 Å². The molecule has 1 fully saturated rings. The number of hydrogen-bond donors (Lipinski definition) is 0. The molecule has 0 unspecified atom stereocenters. The van der Waals surface area contributed by atoms with Gasteiger partial charge in [0.05, 0.1) is 15.6 Å². The Morgan fingerprint density at radius 3 is 2.27 bits per heavy atom. The molecule has 0 spiro atoms. The lowest BCUT2D eigenvalue weighted by molar-refractivity contribution is 0.0698. The van der Waals surface area contributed by atoms with Gasteiger partial charge >= 0.3 is 0 Å². The third-order valence-electron chi connectivity index (χ3n) is 4.14.